The molecule has 0 aromatic heterocycles. The lowest BCUT2D eigenvalue weighted by Gasteiger charge is -2.32. The van der Waals surface area contributed by atoms with Crippen molar-refractivity contribution in [3.05, 3.63) is 82.3 Å². The molecule has 12 heteroatoms. The van der Waals surface area contributed by atoms with Crippen molar-refractivity contribution in [1.29, 1.82) is 0 Å². The second-order valence-electron chi connectivity index (χ2n) is 9.72. The maximum absolute atomic E-state index is 14.0. The van der Waals surface area contributed by atoms with Crippen LogP contribution in [0.2, 0.25) is 10.0 Å². The molecular weight excluding hydrogens is 617 g/mol. The van der Waals surface area contributed by atoms with E-state index in [0.29, 0.717) is 28.0 Å². The number of hydrogen-bond acceptors (Lipinski definition) is 6. The number of carbonyl (C=O) groups is 2. The Kier molecular flexibility index (Phi) is 12.0. The van der Waals surface area contributed by atoms with Crippen LogP contribution in [0.3, 0.4) is 0 Å². The van der Waals surface area contributed by atoms with E-state index < -0.39 is 28.5 Å². The molecule has 3 aromatic rings. The first kappa shape index (κ1) is 33.6. The van der Waals surface area contributed by atoms with Crippen LogP contribution in [0.15, 0.2) is 76.5 Å². The number of benzene rings is 3. The molecule has 226 valence electrons. The molecule has 0 spiro atoms. The van der Waals surface area contributed by atoms with Crippen molar-refractivity contribution >= 4 is 62.5 Å². The quantitative estimate of drug-likeness (QED) is 0.220. The van der Waals surface area contributed by atoms with Gasteiger partial charge in [0.05, 0.1) is 27.2 Å². The summed E-state index contributed by atoms with van der Waals surface area (Å²) in [6.45, 7) is 6.98. The molecular formula is C30H35Cl2N3O5S2. The van der Waals surface area contributed by atoms with Gasteiger partial charge in [-0.2, -0.15) is 0 Å². The smallest absolute Gasteiger partial charge is 0.264 e. The van der Waals surface area contributed by atoms with Crippen LogP contribution in [0.1, 0.15) is 33.3 Å². The summed E-state index contributed by atoms with van der Waals surface area (Å²) in [5, 5.41) is 3.48. The molecule has 2 amide bonds. The summed E-state index contributed by atoms with van der Waals surface area (Å²) in [7, 11) is -4.19. The number of carbonyl (C=O) groups excluding carboxylic acids is 2. The minimum atomic E-state index is -4.19. The second kappa shape index (κ2) is 15.0. The summed E-state index contributed by atoms with van der Waals surface area (Å²) < 4.78 is 34.6. The summed E-state index contributed by atoms with van der Waals surface area (Å²) in [6.07, 6.45) is 1.90. The van der Waals surface area contributed by atoms with E-state index in [4.69, 9.17) is 27.9 Å². The van der Waals surface area contributed by atoms with Gasteiger partial charge >= 0.3 is 0 Å². The topological polar surface area (TPSA) is 96.0 Å². The molecule has 1 atom stereocenters. The number of thioether (sulfide) groups is 1. The minimum Gasteiger partial charge on any atom is -0.494 e. The summed E-state index contributed by atoms with van der Waals surface area (Å²) in [5.41, 5.74) is 0.902. The average molecular weight is 653 g/mol. The van der Waals surface area contributed by atoms with Gasteiger partial charge in [0.2, 0.25) is 11.8 Å². The first-order valence-electron chi connectivity index (χ1n) is 13.3. The first-order valence-corrected chi connectivity index (χ1v) is 16.7. The fraction of sp³-hybridized carbons (Fsp3) is 0.333. The van der Waals surface area contributed by atoms with Crippen molar-refractivity contribution in [2.24, 2.45) is 0 Å². The lowest BCUT2D eigenvalue weighted by molar-refractivity contribution is -0.139. The Bertz CT molecular complexity index is 1480. The van der Waals surface area contributed by atoms with Crippen LogP contribution in [0.25, 0.3) is 0 Å². The average Bonchev–Trinajstić information content (AvgIpc) is 2.96. The molecule has 3 rings (SSSR count). The fourth-order valence-corrected chi connectivity index (χ4v) is 6.24. The van der Waals surface area contributed by atoms with Crippen LogP contribution < -0.4 is 14.4 Å². The highest BCUT2D eigenvalue weighted by atomic mass is 35.5. The number of rotatable bonds is 13. The Morgan fingerprint density at radius 2 is 1.60 bits per heavy atom. The SMILES string of the molecule is CCOc1ccc(N(CC(=O)N(Cc2ccc(Cl)c(Cl)c2)[C@@H](C)C(=O)NC(C)C)S(=O)(=O)c2ccc(SC)cc2)cc1. The van der Waals surface area contributed by atoms with Crippen molar-refractivity contribution in [2.75, 3.05) is 23.7 Å². The van der Waals surface area contributed by atoms with E-state index in [-0.39, 0.29) is 29.1 Å². The number of nitrogens with one attached hydrogen (secondary N) is 1. The lowest BCUT2D eigenvalue weighted by atomic mass is 10.1. The van der Waals surface area contributed by atoms with E-state index in [1.807, 2.05) is 27.0 Å². The highest BCUT2D eigenvalue weighted by molar-refractivity contribution is 7.98. The minimum absolute atomic E-state index is 0.00197. The summed E-state index contributed by atoms with van der Waals surface area (Å²) in [6, 6.07) is 16.8. The molecule has 1 N–H and O–H groups in total. The monoisotopic (exact) mass is 651 g/mol. The van der Waals surface area contributed by atoms with Gasteiger partial charge in [0.25, 0.3) is 10.0 Å². The summed E-state index contributed by atoms with van der Waals surface area (Å²) >= 11 is 13.8. The largest absolute Gasteiger partial charge is 0.494 e. The van der Waals surface area contributed by atoms with Gasteiger partial charge in [-0.05, 0) is 100 Å². The Labute approximate surface area is 262 Å². The highest BCUT2D eigenvalue weighted by Crippen LogP contribution is 2.28. The van der Waals surface area contributed by atoms with Crippen LogP contribution in [-0.4, -0.2) is 56.6 Å². The van der Waals surface area contributed by atoms with Crippen LogP contribution in [-0.2, 0) is 26.2 Å². The Hall–Kier alpha value is -2.92. The Morgan fingerprint density at radius 3 is 2.14 bits per heavy atom. The number of ether oxygens (including phenoxy) is 1. The fourth-order valence-electron chi connectivity index (χ4n) is 4.10. The van der Waals surface area contributed by atoms with Gasteiger partial charge in [-0.15, -0.1) is 11.8 Å². The molecule has 42 heavy (non-hydrogen) atoms. The number of nitrogens with zero attached hydrogens (tertiary/aromatic N) is 2. The van der Waals surface area contributed by atoms with Gasteiger partial charge in [-0.25, -0.2) is 8.42 Å². The van der Waals surface area contributed by atoms with Crippen molar-refractivity contribution in [3.8, 4) is 5.75 Å². The maximum Gasteiger partial charge on any atom is 0.264 e. The zero-order valence-corrected chi connectivity index (χ0v) is 27.3. The maximum atomic E-state index is 14.0. The third kappa shape index (κ3) is 8.56. The molecule has 0 aliphatic carbocycles. The molecule has 0 saturated carbocycles. The number of hydrogen-bond donors (Lipinski definition) is 1. The third-order valence-corrected chi connectivity index (χ3v) is 9.57. The van der Waals surface area contributed by atoms with E-state index in [9.17, 15) is 18.0 Å². The highest BCUT2D eigenvalue weighted by Gasteiger charge is 2.33. The molecule has 8 nitrogen and oxygen atoms in total. The third-order valence-electron chi connectivity index (χ3n) is 6.30. The van der Waals surface area contributed by atoms with Gasteiger partial charge < -0.3 is 15.0 Å². The van der Waals surface area contributed by atoms with Gasteiger partial charge in [0, 0.05) is 17.5 Å². The normalized spacial score (nSPS) is 12.1. The van der Waals surface area contributed by atoms with E-state index in [1.54, 1.807) is 61.5 Å². The van der Waals surface area contributed by atoms with Crippen molar-refractivity contribution in [2.45, 2.75) is 56.1 Å². The van der Waals surface area contributed by atoms with Gasteiger partial charge in [-0.1, -0.05) is 29.3 Å². The van der Waals surface area contributed by atoms with Crippen LogP contribution >= 0.6 is 35.0 Å². The van der Waals surface area contributed by atoms with E-state index in [0.717, 1.165) is 9.20 Å². The van der Waals surface area contributed by atoms with Crippen LogP contribution in [0.4, 0.5) is 5.69 Å². The molecule has 0 fully saturated rings. The predicted octanol–water partition coefficient (Wildman–Crippen LogP) is 6.25. The van der Waals surface area contributed by atoms with Crippen LogP contribution in [0, 0.1) is 0 Å². The molecule has 0 unspecified atom stereocenters. The van der Waals surface area contributed by atoms with Gasteiger partial charge in [-0.3, -0.25) is 13.9 Å². The van der Waals surface area contributed by atoms with Gasteiger partial charge in [0.1, 0.15) is 18.3 Å². The molecule has 0 heterocycles. The number of sulfonamides is 1. The number of anilines is 1. The van der Waals surface area contributed by atoms with Crippen molar-refractivity contribution < 1.29 is 22.7 Å². The Morgan fingerprint density at radius 1 is 0.952 bits per heavy atom. The zero-order valence-electron chi connectivity index (χ0n) is 24.1. The standard InChI is InChI=1S/C30H35Cl2N3O5S2/c1-6-40-24-10-8-23(9-11-24)35(42(38,39)26-14-12-25(41-5)13-15-26)19-29(36)34(21(4)30(37)33-20(2)3)18-22-7-16-27(31)28(32)17-22/h7-17,20-21H,6,18-19H2,1-5H3,(H,33,37)/t21-/m0/s1. The van der Waals surface area contributed by atoms with Gasteiger partial charge in [0.15, 0.2) is 0 Å². The summed E-state index contributed by atoms with van der Waals surface area (Å²) in [5.74, 6) is -0.387. The molecule has 0 saturated heterocycles. The van der Waals surface area contributed by atoms with Crippen molar-refractivity contribution in [1.82, 2.24) is 10.2 Å². The first-order chi connectivity index (χ1) is 19.9. The number of amides is 2. The molecule has 0 radical (unpaired) electrons. The van der Waals surface area contributed by atoms with E-state index in [2.05, 4.69) is 5.32 Å². The van der Waals surface area contributed by atoms with E-state index in [1.165, 1.54) is 28.8 Å². The van der Waals surface area contributed by atoms with E-state index >= 15 is 0 Å². The molecule has 3 aromatic carbocycles. The summed E-state index contributed by atoms with van der Waals surface area (Å²) in [4.78, 5) is 29.3. The molecule has 0 aliphatic heterocycles. The lowest BCUT2D eigenvalue weighted by Crippen LogP contribution is -2.52. The molecule has 0 bridgehead atoms. The van der Waals surface area contributed by atoms with Crippen molar-refractivity contribution in [3.63, 3.8) is 0 Å². The Balaban J connectivity index is 2.05. The second-order valence-corrected chi connectivity index (χ2v) is 13.3. The zero-order chi connectivity index (χ0) is 31.0. The number of halogens is 2. The predicted molar refractivity (Wildman–Crippen MR) is 170 cm³/mol. The van der Waals surface area contributed by atoms with Crippen LogP contribution in [0.5, 0.6) is 5.75 Å². The molecule has 0 aliphatic rings.